The van der Waals surface area contributed by atoms with Crippen LogP contribution < -0.4 is 10.6 Å². The molecule has 0 saturated carbocycles. The zero-order valence-electron chi connectivity index (χ0n) is 10.8. The molecule has 0 radical (unpaired) electrons. The van der Waals surface area contributed by atoms with Crippen LogP contribution in [0.1, 0.15) is 13.3 Å². The van der Waals surface area contributed by atoms with Crippen LogP contribution in [0.2, 0.25) is 0 Å². The van der Waals surface area contributed by atoms with Crippen LogP contribution in [0, 0.1) is 0 Å². The summed E-state index contributed by atoms with van der Waals surface area (Å²) >= 11 is 0. The van der Waals surface area contributed by atoms with E-state index in [1.807, 2.05) is 6.92 Å². The van der Waals surface area contributed by atoms with Crippen molar-refractivity contribution >= 4 is 35.9 Å². The van der Waals surface area contributed by atoms with Gasteiger partial charge in [-0.1, -0.05) is 0 Å². The van der Waals surface area contributed by atoms with Crippen molar-refractivity contribution in [2.45, 2.75) is 19.4 Å². The van der Waals surface area contributed by atoms with Gasteiger partial charge in [-0.05, 0) is 6.92 Å². The third-order valence-corrected chi connectivity index (χ3v) is 1.87. The van der Waals surface area contributed by atoms with Crippen LogP contribution in [-0.4, -0.2) is 52.4 Å². The number of esters is 1. The normalized spacial score (nSPS) is 12.4. The summed E-state index contributed by atoms with van der Waals surface area (Å²) in [4.78, 5) is 14.9. The van der Waals surface area contributed by atoms with E-state index in [-0.39, 0.29) is 36.0 Å². The van der Waals surface area contributed by atoms with E-state index in [1.54, 1.807) is 14.2 Å². The SMILES string of the molecule is CN=C(NCCC(=O)OC)NC(C)COC.I. The number of guanidine groups is 1. The van der Waals surface area contributed by atoms with Gasteiger partial charge in [0.2, 0.25) is 0 Å². The lowest BCUT2D eigenvalue weighted by Crippen LogP contribution is -2.44. The molecule has 0 bridgehead atoms. The van der Waals surface area contributed by atoms with Gasteiger partial charge in [-0.3, -0.25) is 9.79 Å². The van der Waals surface area contributed by atoms with Crippen molar-refractivity contribution < 1.29 is 14.3 Å². The quantitative estimate of drug-likeness (QED) is 0.310. The highest BCUT2D eigenvalue weighted by molar-refractivity contribution is 14.0. The van der Waals surface area contributed by atoms with Crippen LogP contribution in [0.4, 0.5) is 0 Å². The number of hydrogen-bond acceptors (Lipinski definition) is 4. The molecule has 1 unspecified atom stereocenters. The molecule has 6 nitrogen and oxygen atoms in total. The fraction of sp³-hybridized carbons (Fsp3) is 0.800. The van der Waals surface area contributed by atoms with Crippen LogP contribution >= 0.6 is 24.0 Å². The second kappa shape index (κ2) is 11.9. The Morgan fingerprint density at radius 2 is 2.06 bits per heavy atom. The molecule has 0 amide bonds. The number of carbonyl (C=O) groups is 1. The monoisotopic (exact) mass is 359 g/mol. The van der Waals surface area contributed by atoms with Gasteiger partial charge in [-0.2, -0.15) is 0 Å². The van der Waals surface area contributed by atoms with Crippen molar-refractivity contribution in [3.63, 3.8) is 0 Å². The maximum Gasteiger partial charge on any atom is 0.307 e. The van der Waals surface area contributed by atoms with Crippen LogP contribution in [0.3, 0.4) is 0 Å². The molecule has 0 rings (SSSR count). The van der Waals surface area contributed by atoms with E-state index >= 15 is 0 Å². The van der Waals surface area contributed by atoms with E-state index in [4.69, 9.17) is 4.74 Å². The van der Waals surface area contributed by atoms with Gasteiger partial charge in [0, 0.05) is 26.7 Å². The highest BCUT2D eigenvalue weighted by atomic mass is 127. The Bertz CT molecular complexity index is 237. The predicted molar refractivity (Wildman–Crippen MR) is 77.9 cm³/mol. The molecule has 0 aliphatic heterocycles. The highest BCUT2D eigenvalue weighted by Crippen LogP contribution is 1.84. The first-order valence-electron chi connectivity index (χ1n) is 5.17. The van der Waals surface area contributed by atoms with Crippen molar-refractivity contribution in [3.05, 3.63) is 0 Å². The Labute approximate surface area is 120 Å². The van der Waals surface area contributed by atoms with Crippen LogP contribution in [-0.2, 0) is 14.3 Å². The molecule has 0 spiro atoms. The van der Waals surface area contributed by atoms with Crippen LogP contribution in [0.5, 0.6) is 0 Å². The van der Waals surface area contributed by atoms with Gasteiger partial charge >= 0.3 is 5.97 Å². The molecule has 0 heterocycles. The number of rotatable bonds is 6. The van der Waals surface area contributed by atoms with Crippen molar-refractivity contribution in [1.29, 1.82) is 0 Å². The van der Waals surface area contributed by atoms with Crippen molar-refractivity contribution in [3.8, 4) is 0 Å². The lowest BCUT2D eigenvalue weighted by atomic mass is 10.3. The van der Waals surface area contributed by atoms with Gasteiger partial charge in [-0.25, -0.2) is 0 Å². The summed E-state index contributed by atoms with van der Waals surface area (Å²) in [7, 11) is 4.69. The van der Waals surface area contributed by atoms with Crippen molar-refractivity contribution in [1.82, 2.24) is 10.6 Å². The minimum Gasteiger partial charge on any atom is -0.469 e. The average Bonchev–Trinajstić information content (AvgIpc) is 2.27. The van der Waals surface area contributed by atoms with E-state index in [9.17, 15) is 4.79 Å². The minimum atomic E-state index is -0.243. The van der Waals surface area contributed by atoms with E-state index in [0.29, 0.717) is 25.5 Å². The summed E-state index contributed by atoms with van der Waals surface area (Å²) in [6, 6.07) is 0.161. The molecule has 0 aliphatic carbocycles. The molecule has 0 aromatic heterocycles. The molecule has 0 fully saturated rings. The van der Waals surface area contributed by atoms with Gasteiger partial charge in [0.15, 0.2) is 5.96 Å². The summed E-state index contributed by atoms with van der Waals surface area (Å²) in [5, 5.41) is 6.13. The number of aliphatic imine (C=N–C) groups is 1. The number of ether oxygens (including phenoxy) is 2. The molecule has 0 aromatic carbocycles. The largest absolute Gasteiger partial charge is 0.469 e. The van der Waals surface area contributed by atoms with Gasteiger partial charge in [-0.15, -0.1) is 24.0 Å². The molecule has 1 atom stereocenters. The van der Waals surface area contributed by atoms with E-state index in [0.717, 1.165) is 0 Å². The Morgan fingerprint density at radius 3 is 2.53 bits per heavy atom. The summed E-state index contributed by atoms with van der Waals surface area (Å²) < 4.78 is 9.52. The van der Waals surface area contributed by atoms with Crippen LogP contribution in [0.15, 0.2) is 4.99 Å². The molecular weight excluding hydrogens is 337 g/mol. The minimum absolute atomic E-state index is 0. The second-order valence-corrected chi connectivity index (χ2v) is 3.33. The number of halogens is 1. The van der Waals surface area contributed by atoms with E-state index in [2.05, 4.69) is 20.4 Å². The summed E-state index contributed by atoms with van der Waals surface area (Å²) in [5.41, 5.74) is 0. The van der Waals surface area contributed by atoms with Crippen molar-refractivity contribution in [2.24, 2.45) is 4.99 Å². The molecule has 0 aromatic rings. The number of nitrogens with zero attached hydrogens (tertiary/aromatic N) is 1. The molecule has 0 saturated heterocycles. The maximum absolute atomic E-state index is 10.9. The fourth-order valence-corrected chi connectivity index (χ4v) is 1.10. The highest BCUT2D eigenvalue weighted by Gasteiger charge is 2.05. The first kappa shape index (κ1) is 18.8. The summed E-state index contributed by atoms with van der Waals surface area (Å²) in [6.45, 7) is 3.07. The molecule has 102 valence electrons. The standard InChI is InChI=1S/C10H21N3O3.HI/c1-8(7-15-3)13-10(11-2)12-6-5-9(14)16-4;/h8H,5-7H2,1-4H3,(H2,11,12,13);1H. The number of nitrogens with one attached hydrogen (secondary N) is 2. The lowest BCUT2D eigenvalue weighted by molar-refractivity contribution is -0.140. The summed E-state index contributed by atoms with van der Waals surface area (Å²) in [6.07, 6.45) is 0.315. The zero-order valence-corrected chi connectivity index (χ0v) is 13.1. The second-order valence-electron chi connectivity index (χ2n) is 3.33. The third kappa shape index (κ3) is 10.3. The van der Waals surface area contributed by atoms with E-state index < -0.39 is 0 Å². The van der Waals surface area contributed by atoms with E-state index in [1.165, 1.54) is 7.11 Å². The Hall–Kier alpha value is -0.570. The number of methoxy groups -OCH3 is 2. The first-order chi connectivity index (χ1) is 7.63. The summed E-state index contributed by atoms with van der Waals surface area (Å²) in [5.74, 6) is 0.404. The van der Waals surface area contributed by atoms with Gasteiger partial charge in [0.05, 0.1) is 20.1 Å². The number of hydrogen-bond donors (Lipinski definition) is 2. The van der Waals surface area contributed by atoms with Gasteiger partial charge in [0.1, 0.15) is 0 Å². The topological polar surface area (TPSA) is 72.0 Å². The molecule has 2 N–H and O–H groups in total. The smallest absolute Gasteiger partial charge is 0.307 e. The predicted octanol–water partition coefficient (Wildman–Crippen LogP) is 0.367. The Balaban J connectivity index is 0. The lowest BCUT2D eigenvalue weighted by Gasteiger charge is -2.16. The Morgan fingerprint density at radius 1 is 1.41 bits per heavy atom. The molecule has 17 heavy (non-hydrogen) atoms. The third-order valence-electron chi connectivity index (χ3n) is 1.87. The maximum atomic E-state index is 10.9. The van der Waals surface area contributed by atoms with Gasteiger partial charge < -0.3 is 20.1 Å². The molecular formula is C10H22IN3O3. The number of carbonyl (C=O) groups excluding carboxylic acids is 1. The first-order valence-corrected chi connectivity index (χ1v) is 5.17. The van der Waals surface area contributed by atoms with Crippen molar-refractivity contribution in [2.75, 3.05) is 34.4 Å². The zero-order chi connectivity index (χ0) is 12.4. The Kier molecular flexibility index (Phi) is 13.2. The average molecular weight is 359 g/mol. The molecule has 0 aliphatic rings. The molecule has 7 heteroatoms. The van der Waals surface area contributed by atoms with Crippen LogP contribution in [0.25, 0.3) is 0 Å². The fourth-order valence-electron chi connectivity index (χ4n) is 1.10. The van der Waals surface area contributed by atoms with Gasteiger partial charge in [0.25, 0.3) is 0 Å².